The zero-order valence-electron chi connectivity index (χ0n) is 22.3. The molecule has 8 nitrogen and oxygen atoms in total. The number of nitrogens with two attached hydrogens (primary N) is 1. The minimum atomic E-state index is -1.35. The molecule has 0 spiro atoms. The van der Waals surface area contributed by atoms with Crippen LogP contribution in [0.25, 0.3) is 33.4 Å². The Hall–Kier alpha value is -4.17. The number of carboxylic acid groups (broad SMARTS) is 1. The highest BCUT2D eigenvalue weighted by Crippen LogP contribution is 2.42. The van der Waals surface area contributed by atoms with Crippen molar-refractivity contribution in [1.29, 1.82) is 0 Å². The zero-order valence-corrected chi connectivity index (χ0v) is 22.3. The molecule has 1 heterocycles. The van der Waals surface area contributed by atoms with Crippen molar-refractivity contribution < 1.29 is 19.1 Å². The summed E-state index contributed by atoms with van der Waals surface area (Å²) >= 11 is 0. The van der Waals surface area contributed by atoms with Gasteiger partial charge in [-0.15, -0.1) is 0 Å². The van der Waals surface area contributed by atoms with Gasteiger partial charge < -0.3 is 30.3 Å². The van der Waals surface area contributed by atoms with Gasteiger partial charge in [0.2, 0.25) is 5.36 Å². The minimum Gasteiger partial charge on any atom is -0.545 e. The number of hydrogen-bond acceptors (Lipinski definition) is 6. The summed E-state index contributed by atoms with van der Waals surface area (Å²) in [6, 6.07) is 16.4. The Balaban J connectivity index is 1.89. The second kappa shape index (κ2) is 11.5. The maximum Gasteiger partial charge on any atom is 0.251 e. The summed E-state index contributed by atoms with van der Waals surface area (Å²) in [4.78, 5) is 27.1. The Morgan fingerprint density at radius 1 is 0.974 bits per heavy atom. The van der Waals surface area contributed by atoms with E-state index in [0.29, 0.717) is 35.6 Å². The van der Waals surface area contributed by atoms with Crippen LogP contribution >= 0.6 is 0 Å². The highest BCUT2D eigenvalue weighted by molar-refractivity contribution is 6.08. The van der Waals surface area contributed by atoms with Crippen LogP contribution in [0.15, 0.2) is 59.0 Å². The van der Waals surface area contributed by atoms with Crippen LogP contribution in [0.2, 0.25) is 0 Å². The predicted molar refractivity (Wildman–Crippen MR) is 149 cm³/mol. The number of benzene rings is 3. The first kappa shape index (κ1) is 26.9. The Bertz CT molecular complexity index is 1530. The number of carboxylic acids is 1. The third-order valence-electron chi connectivity index (χ3n) is 6.66. The number of nitrogens with zero attached hydrogens (tertiary/aromatic N) is 2. The molecule has 0 saturated carbocycles. The maximum atomic E-state index is 12.8. The summed E-state index contributed by atoms with van der Waals surface area (Å²) in [6.07, 6.45) is 2.63. The molecule has 1 aliphatic heterocycles. The van der Waals surface area contributed by atoms with Gasteiger partial charge in [-0.3, -0.25) is 4.79 Å². The van der Waals surface area contributed by atoms with E-state index in [1.807, 2.05) is 74.1 Å². The first-order valence-corrected chi connectivity index (χ1v) is 12.7. The Kier molecular flexibility index (Phi) is 8.12. The molecular formula is C30H34N4O4. The van der Waals surface area contributed by atoms with Crippen molar-refractivity contribution in [2.45, 2.75) is 19.3 Å². The van der Waals surface area contributed by atoms with Gasteiger partial charge in [-0.05, 0) is 55.3 Å². The first-order chi connectivity index (χ1) is 18.2. The second-order valence-corrected chi connectivity index (χ2v) is 9.78. The number of hydrogen-bond donors (Lipinski definition) is 2. The largest absolute Gasteiger partial charge is 0.545 e. The average molecular weight is 515 g/mol. The lowest BCUT2D eigenvalue weighted by molar-refractivity contribution is -0.254. The number of fused-ring (bicyclic) bond motifs is 2. The van der Waals surface area contributed by atoms with E-state index in [4.69, 9.17) is 10.2 Å². The molecule has 4 rings (SSSR count). The normalized spacial score (nSPS) is 11.1. The van der Waals surface area contributed by atoms with Crippen molar-refractivity contribution in [1.82, 2.24) is 9.89 Å². The zero-order chi connectivity index (χ0) is 27.4. The van der Waals surface area contributed by atoms with Crippen LogP contribution in [0.1, 0.15) is 40.0 Å². The number of unbranched alkanes of at least 4 members (excludes halogenated alkanes) is 2. The van der Waals surface area contributed by atoms with Crippen LogP contribution in [0.4, 0.5) is 5.69 Å². The molecule has 2 aliphatic rings. The molecule has 2 aromatic rings. The molecule has 0 atom stereocenters. The van der Waals surface area contributed by atoms with Gasteiger partial charge in [0.1, 0.15) is 25.4 Å². The summed E-state index contributed by atoms with van der Waals surface area (Å²) in [5, 5.41) is 16.9. The molecule has 0 aromatic heterocycles. The van der Waals surface area contributed by atoms with Crippen molar-refractivity contribution >= 4 is 28.5 Å². The number of nitrogens with one attached hydrogen (secondary N) is 1. The molecule has 198 valence electrons. The lowest BCUT2D eigenvalue weighted by atomic mass is 9.89. The van der Waals surface area contributed by atoms with Crippen molar-refractivity contribution in [3.63, 3.8) is 0 Å². The molecule has 0 radical (unpaired) electrons. The van der Waals surface area contributed by atoms with Gasteiger partial charge in [-0.1, -0.05) is 12.5 Å². The van der Waals surface area contributed by atoms with Gasteiger partial charge in [0, 0.05) is 66.1 Å². The average Bonchev–Trinajstić information content (AvgIpc) is 2.90. The Labute approximate surface area is 222 Å². The van der Waals surface area contributed by atoms with Gasteiger partial charge in [-0.2, -0.15) is 0 Å². The number of rotatable bonds is 9. The Morgan fingerprint density at radius 3 is 2.42 bits per heavy atom. The first-order valence-electron chi connectivity index (χ1n) is 12.7. The van der Waals surface area contributed by atoms with Crippen molar-refractivity contribution in [3.8, 4) is 22.5 Å². The third kappa shape index (κ3) is 5.55. The summed E-state index contributed by atoms with van der Waals surface area (Å²) in [5.41, 5.74) is 9.25. The van der Waals surface area contributed by atoms with Crippen LogP contribution in [-0.4, -0.2) is 53.2 Å². The fourth-order valence-corrected chi connectivity index (χ4v) is 4.54. The lowest BCUT2D eigenvalue weighted by Crippen LogP contribution is -2.27. The minimum absolute atomic E-state index is 0.0528. The Morgan fingerprint density at radius 2 is 1.74 bits per heavy atom. The molecule has 1 amide bonds. The van der Waals surface area contributed by atoms with E-state index in [9.17, 15) is 14.7 Å². The van der Waals surface area contributed by atoms with Crippen LogP contribution < -0.4 is 31.0 Å². The molecule has 0 fully saturated rings. The number of aromatic carboxylic acids is 1. The van der Waals surface area contributed by atoms with Gasteiger partial charge in [0.25, 0.3) is 5.91 Å². The van der Waals surface area contributed by atoms with Crippen LogP contribution in [0, 0.1) is 0 Å². The fraction of sp³-hybridized carbons (Fsp3) is 0.300. The van der Waals surface area contributed by atoms with E-state index in [0.717, 1.165) is 41.3 Å². The van der Waals surface area contributed by atoms with Crippen molar-refractivity contribution in [3.05, 3.63) is 71.1 Å². The second-order valence-electron chi connectivity index (χ2n) is 9.78. The fourth-order valence-electron chi connectivity index (χ4n) is 4.54. The summed E-state index contributed by atoms with van der Waals surface area (Å²) in [7, 11) is 7.79. The SMILES string of the molecule is CN(C)c1ccc2c(-c3ccc(C(=O)NCCCCCN)cc3C(=O)[O-])c3ccc(=[N+](C)C)cc-3oc2c1. The molecule has 0 unspecified atom stereocenters. The highest BCUT2D eigenvalue weighted by Gasteiger charge is 2.22. The van der Waals surface area contributed by atoms with E-state index in [1.54, 1.807) is 12.1 Å². The molecular weight excluding hydrogens is 480 g/mol. The van der Waals surface area contributed by atoms with E-state index in [1.165, 1.54) is 6.07 Å². The summed E-state index contributed by atoms with van der Waals surface area (Å²) in [5.74, 6) is -1.05. The summed E-state index contributed by atoms with van der Waals surface area (Å²) < 4.78 is 8.31. The van der Waals surface area contributed by atoms with Gasteiger partial charge >= 0.3 is 0 Å². The maximum absolute atomic E-state index is 12.8. The molecule has 0 saturated heterocycles. The van der Waals surface area contributed by atoms with Gasteiger partial charge in [0.15, 0.2) is 0 Å². The van der Waals surface area contributed by atoms with Crippen molar-refractivity contribution in [2.24, 2.45) is 5.73 Å². The topological polar surface area (TPSA) is 115 Å². The van der Waals surface area contributed by atoms with E-state index in [2.05, 4.69) is 5.32 Å². The van der Waals surface area contributed by atoms with Crippen LogP contribution in [0.3, 0.4) is 0 Å². The van der Waals surface area contributed by atoms with Crippen molar-refractivity contribution in [2.75, 3.05) is 46.2 Å². The predicted octanol–water partition coefficient (Wildman–Crippen LogP) is 2.52. The quantitative estimate of drug-likeness (QED) is 0.202. The van der Waals surface area contributed by atoms with E-state index < -0.39 is 5.97 Å². The smallest absolute Gasteiger partial charge is 0.251 e. The molecule has 8 heteroatoms. The lowest BCUT2D eigenvalue weighted by Gasteiger charge is -2.20. The standard InChI is InChI=1S/C30H34N4O4/c1-33(2)20-9-12-23-26(17-20)38-27-18-21(34(3)4)10-13-24(27)28(23)22-11-8-19(16-25(22)30(36)37)29(35)32-15-7-5-6-14-31/h8-13,16-18H,5-7,14-15,31H2,1-4H3,(H-,32,35,36,37). The molecule has 3 N–H and O–H groups in total. The highest BCUT2D eigenvalue weighted by atomic mass is 16.4. The van der Waals surface area contributed by atoms with Gasteiger partial charge in [0.05, 0.1) is 12.0 Å². The number of carbonyl (C=O) groups excluding carboxylic acids is 2. The number of amides is 1. The monoisotopic (exact) mass is 514 g/mol. The molecule has 2 aromatic carbocycles. The van der Waals surface area contributed by atoms with E-state index >= 15 is 0 Å². The van der Waals surface area contributed by atoms with Gasteiger partial charge in [-0.25, -0.2) is 4.58 Å². The molecule has 38 heavy (non-hydrogen) atoms. The summed E-state index contributed by atoms with van der Waals surface area (Å²) in [6.45, 7) is 1.12. The van der Waals surface area contributed by atoms with Crippen LogP contribution in [-0.2, 0) is 0 Å². The van der Waals surface area contributed by atoms with Crippen LogP contribution in [0.5, 0.6) is 0 Å². The van der Waals surface area contributed by atoms with E-state index in [-0.39, 0.29) is 17.0 Å². The molecule has 0 bridgehead atoms. The molecule has 1 aliphatic carbocycles. The number of anilines is 1. The number of carbonyl (C=O) groups is 2. The third-order valence-corrected chi connectivity index (χ3v) is 6.66.